The number of fused-ring (bicyclic) bond motifs is 1. The Bertz CT molecular complexity index is 1340. The molecule has 6 nitrogen and oxygen atoms in total. The maximum atomic E-state index is 13.3. The lowest BCUT2D eigenvalue weighted by Gasteiger charge is -2.30. The number of anilines is 1. The van der Waals surface area contributed by atoms with Crippen molar-refractivity contribution in [2.24, 2.45) is 0 Å². The zero-order valence-corrected chi connectivity index (χ0v) is 17.7. The van der Waals surface area contributed by atoms with Crippen molar-refractivity contribution < 1.29 is 17.2 Å². The minimum Gasteiger partial charge on any atom is -0.416 e. The van der Waals surface area contributed by atoms with Crippen LogP contribution in [0.15, 0.2) is 87.0 Å². The van der Waals surface area contributed by atoms with E-state index in [4.69, 9.17) is 4.42 Å². The van der Waals surface area contributed by atoms with E-state index in [1.807, 2.05) is 42.5 Å². The van der Waals surface area contributed by atoms with E-state index >= 15 is 0 Å². The molecule has 1 aromatic heterocycles. The van der Waals surface area contributed by atoms with Gasteiger partial charge in [0.1, 0.15) is 5.82 Å². The van der Waals surface area contributed by atoms with Crippen LogP contribution in [-0.2, 0) is 10.0 Å². The van der Waals surface area contributed by atoms with Gasteiger partial charge in [-0.05, 0) is 54.6 Å². The number of hydrogen-bond acceptors (Lipinski definition) is 6. The van der Waals surface area contributed by atoms with Gasteiger partial charge in [-0.15, -0.1) is 22.0 Å². The van der Waals surface area contributed by atoms with Crippen LogP contribution in [0, 0.1) is 5.82 Å². The second kappa shape index (κ2) is 7.82. The van der Waals surface area contributed by atoms with E-state index in [2.05, 4.69) is 10.2 Å². The third-order valence-corrected chi connectivity index (χ3v) is 7.74. The molecule has 0 bridgehead atoms. The number of sulfonamides is 1. The van der Waals surface area contributed by atoms with Crippen LogP contribution in [0.2, 0.25) is 0 Å². The Morgan fingerprint density at radius 2 is 1.61 bits per heavy atom. The first-order chi connectivity index (χ1) is 15.0. The van der Waals surface area contributed by atoms with Gasteiger partial charge in [0.25, 0.3) is 10.0 Å². The second-order valence-corrected chi connectivity index (χ2v) is 9.84. The highest BCUT2D eigenvalue weighted by Gasteiger charge is 2.30. The molecule has 2 heterocycles. The van der Waals surface area contributed by atoms with Crippen LogP contribution in [0.1, 0.15) is 0 Å². The van der Waals surface area contributed by atoms with Crippen molar-refractivity contribution in [2.75, 3.05) is 16.6 Å². The van der Waals surface area contributed by atoms with Crippen molar-refractivity contribution in [1.29, 1.82) is 0 Å². The summed E-state index contributed by atoms with van der Waals surface area (Å²) in [5, 5.41) is 8.24. The monoisotopic (exact) mass is 453 g/mol. The van der Waals surface area contributed by atoms with E-state index in [0.717, 1.165) is 22.6 Å². The van der Waals surface area contributed by atoms with Gasteiger partial charge in [0.05, 0.1) is 10.6 Å². The smallest absolute Gasteiger partial charge is 0.264 e. The van der Waals surface area contributed by atoms with Gasteiger partial charge in [0.2, 0.25) is 11.8 Å². The van der Waals surface area contributed by atoms with E-state index in [1.165, 1.54) is 16.4 Å². The van der Waals surface area contributed by atoms with Crippen molar-refractivity contribution >= 4 is 27.5 Å². The molecule has 5 rings (SSSR count). The maximum absolute atomic E-state index is 13.3. The highest BCUT2D eigenvalue weighted by atomic mass is 32.2. The van der Waals surface area contributed by atoms with Gasteiger partial charge in [-0.1, -0.05) is 18.2 Å². The highest BCUT2D eigenvalue weighted by Crippen LogP contribution is 2.40. The molecule has 9 heteroatoms. The molecule has 1 aliphatic rings. The third kappa shape index (κ3) is 3.70. The molecule has 3 aromatic carbocycles. The number of hydrogen-bond donors (Lipinski definition) is 0. The Hall–Kier alpha value is -3.17. The summed E-state index contributed by atoms with van der Waals surface area (Å²) < 4.78 is 46.9. The highest BCUT2D eigenvalue weighted by molar-refractivity contribution is 8.00. The first kappa shape index (κ1) is 19.8. The number of thioether (sulfide) groups is 1. The van der Waals surface area contributed by atoms with Crippen molar-refractivity contribution in [2.45, 2.75) is 9.79 Å². The van der Waals surface area contributed by atoms with Crippen molar-refractivity contribution in [3.63, 3.8) is 0 Å². The number of aromatic nitrogens is 2. The van der Waals surface area contributed by atoms with Crippen LogP contribution >= 0.6 is 11.8 Å². The molecule has 31 heavy (non-hydrogen) atoms. The molecule has 0 saturated carbocycles. The van der Waals surface area contributed by atoms with E-state index in [0.29, 0.717) is 35.3 Å². The quantitative estimate of drug-likeness (QED) is 0.440. The Morgan fingerprint density at radius 1 is 0.903 bits per heavy atom. The number of halogens is 1. The van der Waals surface area contributed by atoms with Gasteiger partial charge >= 0.3 is 0 Å². The fraction of sp³-hybridized carbons (Fsp3) is 0.0909. The van der Waals surface area contributed by atoms with Gasteiger partial charge in [0, 0.05) is 28.3 Å². The minimum atomic E-state index is -3.84. The third-order valence-electron chi connectivity index (χ3n) is 4.87. The van der Waals surface area contributed by atoms with Crippen LogP contribution in [0.25, 0.3) is 22.9 Å². The lowest BCUT2D eigenvalue weighted by Crippen LogP contribution is -2.35. The zero-order valence-electron chi connectivity index (χ0n) is 16.1. The van der Waals surface area contributed by atoms with Gasteiger partial charge in [-0.2, -0.15) is 0 Å². The Kier molecular flexibility index (Phi) is 4.99. The predicted octanol–water partition coefficient (Wildman–Crippen LogP) is 4.84. The first-order valence-corrected chi connectivity index (χ1v) is 11.9. The molecule has 0 saturated heterocycles. The molecule has 0 aliphatic carbocycles. The zero-order chi connectivity index (χ0) is 21.4. The molecule has 4 aromatic rings. The molecule has 156 valence electrons. The van der Waals surface area contributed by atoms with Gasteiger partial charge in [0.15, 0.2) is 0 Å². The second-order valence-electron chi connectivity index (χ2n) is 6.84. The Balaban J connectivity index is 1.54. The van der Waals surface area contributed by atoms with Gasteiger partial charge in [-0.25, -0.2) is 12.8 Å². The summed E-state index contributed by atoms with van der Waals surface area (Å²) in [5.41, 5.74) is 1.96. The molecule has 1 aliphatic heterocycles. The van der Waals surface area contributed by atoms with Crippen molar-refractivity contribution in [1.82, 2.24) is 10.2 Å². The maximum Gasteiger partial charge on any atom is 0.264 e. The van der Waals surface area contributed by atoms with Crippen molar-refractivity contribution in [3.8, 4) is 22.9 Å². The minimum absolute atomic E-state index is 0.0429. The number of benzene rings is 3. The van der Waals surface area contributed by atoms with Crippen LogP contribution in [0.4, 0.5) is 10.1 Å². The molecule has 0 fully saturated rings. The SMILES string of the molecule is O=S(=O)(c1ccc(F)cc1)N1CCSc2ccc(-c3nnc(-c4ccccc4)o3)cc21. The van der Waals surface area contributed by atoms with Crippen molar-refractivity contribution in [3.05, 3.63) is 78.6 Å². The van der Waals surface area contributed by atoms with Gasteiger partial charge < -0.3 is 4.42 Å². The van der Waals surface area contributed by atoms with E-state index < -0.39 is 15.8 Å². The standard InChI is InChI=1S/C22H16FN3O3S2/c23-17-7-9-18(10-8-17)31(27,28)26-12-13-30-20-11-6-16(14-19(20)26)22-25-24-21(29-22)15-4-2-1-3-5-15/h1-11,14H,12-13H2. The summed E-state index contributed by atoms with van der Waals surface area (Å²) in [5.74, 6) is 0.821. The van der Waals surface area contributed by atoms with Crippen LogP contribution < -0.4 is 4.31 Å². The summed E-state index contributed by atoms with van der Waals surface area (Å²) in [4.78, 5) is 0.879. The molecule has 0 unspecified atom stereocenters. The summed E-state index contributed by atoms with van der Waals surface area (Å²) >= 11 is 1.58. The van der Waals surface area contributed by atoms with E-state index in [-0.39, 0.29) is 4.90 Å². The van der Waals surface area contributed by atoms with E-state index in [1.54, 1.807) is 17.8 Å². The average Bonchev–Trinajstić information content (AvgIpc) is 3.29. The van der Waals surface area contributed by atoms with Crippen LogP contribution in [-0.4, -0.2) is 30.9 Å². The van der Waals surface area contributed by atoms with Crippen LogP contribution in [0.3, 0.4) is 0 Å². The van der Waals surface area contributed by atoms with Gasteiger partial charge in [-0.3, -0.25) is 4.31 Å². The lowest BCUT2D eigenvalue weighted by molar-refractivity contribution is 0.584. The summed E-state index contributed by atoms with van der Waals surface area (Å²) in [6.45, 7) is 0.305. The largest absolute Gasteiger partial charge is 0.416 e. The Morgan fingerprint density at radius 3 is 2.35 bits per heavy atom. The summed E-state index contributed by atoms with van der Waals surface area (Å²) in [6, 6.07) is 19.7. The molecule has 0 radical (unpaired) electrons. The predicted molar refractivity (Wildman–Crippen MR) is 117 cm³/mol. The number of nitrogens with zero attached hydrogens (tertiary/aromatic N) is 3. The molecule has 0 atom stereocenters. The summed E-state index contributed by atoms with van der Waals surface area (Å²) in [7, 11) is -3.84. The lowest BCUT2D eigenvalue weighted by atomic mass is 10.2. The fourth-order valence-electron chi connectivity index (χ4n) is 3.35. The molecular weight excluding hydrogens is 437 g/mol. The first-order valence-electron chi connectivity index (χ1n) is 9.47. The number of rotatable bonds is 4. The molecule has 0 spiro atoms. The summed E-state index contributed by atoms with van der Waals surface area (Å²) in [6.07, 6.45) is 0. The Labute approximate surface area is 182 Å². The topological polar surface area (TPSA) is 76.3 Å². The molecule has 0 amide bonds. The molecular formula is C22H16FN3O3S2. The molecule has 0 N–H and O–H groups in total. The normalized spacial score (nSPS) is 13.8. The average molecular weight is 454 g/mol. The van der Waals surface area contributed by atoms with E-state index in [9.17, 15) is 12.8 Å². The fourth-order valence-corrected chi connectivity index (χ4v) is 5.97. The van der Waals surface area contributed by atoms with Crippen LogP contribution in [0.5, 0.6) is 0 Å².